The number of nitrogens with two attached hydrogens (primary N) is 1. The zero-order valence-electron chi connectivity index (χ0n) is 9.94. The Morgan fingerprint density at radius 1 is 1.37 bits per heavy atom. The van der Waals surface area contributed by atoms with E-state index in [0.717, 1.165) is 25.0 Å². The summed E-state index contributed by atoms with van der Waals surface area (Å²) in [5.41, 5.74) is 5.34. The van der Waals surface area contributed by atoms with E-state index in [9.17, 15) is 13.6 Å². The first-order valence-electron chi connectivity index (χ1n) is 5.75. The van der Waals surface area contributed by atoms with Crippen LogP contribution < -0.4 is 11.1 Å². The van der Waals surface area contributed by atoms with Crippen molar-refractivity contribution in [2.75, 3.05) is 0 Å². The summed E-state index contributed by atoms with van der Waals surface area (Å²) < 4.78 is 26.0. The van der Waals surface area contributed by atoms with E-state index in [1.807, 2.05) is 0 Å². The fourth-order valence-corrected chi connectivity index (χ4v) is 1.83. The molecule has 4 N–H and O–H groups in total. The van der Waals surface area contributed by atoms with Crippen molar-refractivity contribution < 1.29 is 18.8 Å². The van der Waals surface area contributed by atoms with Crippen LogP contribution in [0.15, 0.2) is 23.4 Å². The summed E-state index contributed by atoms with van der Waals surface area (Å²) in [5.74, 6) is -2.36. The number of oxime groups is 1. The van der Waals surface area contributed by atoms with Crippen molar-refractivity contribution in [3.63, 3.8) is 0 Å². The number of hydrogen-bond acceptors (Lipinski definition) is 3. The van der Waals surface area contributed by atoms with Gasteiger partial charge in [0, 0.05) is 11.6 Å². The number of hydrogen-bond donors (Lipinski definition) is 3. The maximum absolute atomic E-state index is 13.0. The van der Waals surface area contributed by atoms with Crippen LogP contribution in [0.2, 0.25) is 0 Å². The molecule has 1 amide bonds. The lowest BCUT2D eigenvalue weighted by Gasteiger charge is -2.16. The van der Waals surface area contributed by atoms with Crippen LogP contribution in [0.25, 0.3) is 0 Å². The smallest absolute Gasteiger partial charge is 0.252 e. The summed E-state index contributed by atoms with van der Waals surface area (Å²) in [7, 11) is 0. The molecule has 7 heteroatoms. The largest absolute Gasteiger partial charge is 0.409 e. The molecule has 0 spiro atoms. The Balaban J connectivity index is 2.15. The average molecular weight is 269 g/mol. The SMILES string of the molecule is NC(=NO)C(NC(=O)c1cc(F)cc(F)c1)C1CC1. The fourth-order valence-electron chi connectivity index (χ4n) is 1.83. The highest BCUT2D eigenvalue weighted by Gasteiger charge is 2.35. The van der Waals surface area contributed by atoms with Gasteiger partial charge in [-0.1, -0.05) is 5.16 Å². The zero-order valence-corrected chi connectivity index (χ0v) is 9.94. The second-order valence-corrected chi connectivity index (χ2v) is 4.47. The number of nitrogens with zero attached hydrogens (tertiary/aromatic N) is 1. The Morgan fingerprint density at radius 3 is 2.42 bits per heavy atom. The molecule has 0 bridgehead atoms. The van der Waals surface area contributed by atoms with Gasteiger partial charge in [-0.3, -0.25) is 4.79 Å². The number of amidine groups is 1. The molecule has 19 heavy (non-hydrogen) atoms. The third kappa shape index (κ3) is 3.18. The van der Waals surface area contributed by atoms with Crippen molar-refractivity contribution in [2.45, 2.75) is 18.9 Å². The molecule has 0 saturated heterocycles. The normalized spacial score (nSPS) is 17.1. The van der Waals surface area contributed by atoms with E-state index in [1.54, 1.807) is 0 Å². The van der Waals surface area contributed by atoms with E-state index in [1.165, 1.54) is 0 Å². The Labute approximate surface area is 108 Å². The van der Waals surface area contributed by atoms with Gasteiger partial charge >= 0.3 is 0 Å². The topological polar surface area (TPSA) is 87.7 Å². The lowest BCUT2D eigenvalue weighted by Crippen LogP contribution is -2.46. The third-order valence-corrected chi connectivity index (χ3v) is 2.94. The number of amides is 1. The molecule has 2 rings (SSSR count). The molecule has 102 valence electrons. The average Bonchev–Trinajstić information content (AvgIpc) is 3.17. The van der Waals surface area contributed by atoms with Gasteiger partial charge in [0.25, 0.3) is 5.91 Å². The predicted molar refractivity (Wildman–Crippen MR) is 63.7 cm³/mol. The highest BCUT2D eigenvalue weighted by Crippen LogP contribution is 2.32. The van der Waals surface area contributed by atoms with Gasteiger partial charge in [-0.25, -0.2) is 8.78 Å². The maximum atomic E-state index is 13.0. The quantitative estimate of drug-likeness (QED) is 0.332. The molecule has 1 atom stereocenters. The molecular weight excluding hydrogens is 256 g/mol. The Morgan fingerprint density at radius 2 is 1.95 bits per heavy atom. The molecule has 5 nitrogen and oxygen atoms in total. The molecule has 1 aliphatic rings. The van der Waals surface area contributed by atoms with E-state index in [-0.39, 0.29) is 17.3 Å². The van der Waals surface area contributed by atoms with Crippen LogP contribution in [0.4, 0.5) is 8.78 Å². The molecule has 1 aromatic rings. The number of rotatable bonds is 4. The summed E-state index contributed by atoms with van der Waals surface area (Å²) >= 11 is 0. The molecule has 0 radical (unpaired) electrons. The van der Waals surface area contributed by atoms with E-state index >= 15 is 0 Å². The number of benzene rings is 1. The lowest BCUT2D eigenvalue weighted by atomic mass is 10.1. The van der Waals surface area contributed by atoms with Crippen LogP contribution in [0.5, 0.6) is 0 Å². The van der Waals surface area contributed by atoms with Gasteiger partial charge in [-0.05, 0) is 30.9 Å². The molecule has 0 aliphatic heterocycles. The Hall–Kier alpha value is -2.18. The second kappa shape index (κ2) is 5.21. The van der Waals surface area contributed by atoms with Crippen LogP contribution in [0.1, 0.15) is 23.2 Å². The van der Waals surface area contributed by atoms with Crippen molar-refractivity contribution in [3.8, 4) is 0 Å². The van der Waals surface area contributed by atoms with Gasteiger partial charge in [0.15, 0.2) is 5.84 Å². The van der Waals surface area contributed by atoms with Crippen LogP contribution in [0, 0.1) is 17.6 Å². The zero-order chi connectivity index (χ0) is 14.0. The van der Waals surface area contributed by atoms with Gasteiger partial charge in [0.05, 0.1) is 6.04 Å². The minimum atomic E-state index is -0.836. The first kappa shape index (κ1) is 13.3. The van der Waals surface area contributed by atoms with E-state index in [2.05, 4.69) is 10.5 Å². The minimum Gasteiger partial charge on any atom is -0.409 e. The van der Waals surface area contributed by atoms with Gasteiger partial charge < -0.3 is 16.3 Å². The van der Waals surface area contributed by atoms with Gasteiger partial charge in [-0.15, -0.1) is 0 Å². The third-order valence-electron chi connectivity index (χ3n) is 2.94. The van der Waals surface area contributed by atoms with Crippen molar-refractivity contribution >= 4 is 11.7 Å². The molecule has 1 saturated carbocycles. The minimum absolute atomic E-state index is 0.0956. The number of carbonyl (C=O) groups excluding carboxylic acids is 1. The van der Waals surface area contributed by atoms with Crippen molar-refractivity contribution in [1.29, 1.82) is 0 Å². The molecule has 1 aliphatic carbocycles. The molecular formula is C12H13F2N3O2. The molecule has 1 fully saturated rings. The van der Waals surface area contributed by atoms with Crippen LogP contribution in [0.3, 0.4) is 0 Å². The van der Waals surface area contributed by atoms with Gasteiger partial charge in [0.1, 0.15) is 11.6 Å². The highest BCUT2D eigenvalue weighted by atomic mass is 19.1. The van der Waals surface area contributed by atoms with E-state index in [0.29, 0.717) is 6.07 Å². The number of halogens is 2. The van der Waals surface area contributed by atoms with Crippen molar-refractivity contribution in [1.82, 2.24) is 5.32 Å². The maximum Gasteiger partial charge on any atom is 0.252 e. The van der Waals surface area contributed by atoms with Gasteiger partial charge in [0.2, 0.25) is 0 Å². The molecule has 1 unspecified atom stereocenters. The second-order valence-electron chi connectivity index (χ2n) is 4.47. The Bertz CT molecular complexity index is 509. The van der Waals surface area contributed by atoms with Crippen molar-refractivity contribution in [2.24, 2.45) is 16.8 Å². The summed E-state index contributed by atoms with van der Waals surface area (Å²) in [5, 5.41) is 14.0. The number of carbonyl (C=O) groups is 1. The lowest BCUT2D eigenvalue weighted by molar-refractivity contribution is 0.0942. The summed E-state index contributed by atoms with van der Waals surface area (Å²) in [4.78, 5) is 11.9. The van der Waals surface area contributed by atoms with Crippen LogP contribution in [-0.2, 0) is 0 Å². The molecule has 0 aromatic heterocycles. The highest BCUT2D eigenvalue weighted by molar-refractivity contribution is 5.98. The first-order valence-corrected chi connectivity index (χ1v) is 5.75. The summed E-state index contributed by atoms with van der Waals surface area (Å²) in [6, 6.07) is 1.91. The number of nitrogens with one attached hydrogen (secondary N) is 1. The standard InChI is InChI=1S/C12H13F2N3O2/c13-8-3-7(4-9(14)5-8)12(18)16-10(6-1-2-6)11(15)17-19/h3-6,10,19H,1-2H2,(H2,15,17)(H,16,18). The van der Waals surface area contributed by atoms with Crippen LogP contribution >= 0.6 is 0 Å². The first-order chi connectivity index (χ1) is 9.01. The molecule has 1 aromatic carbocycles. The summed E-state index contributed by atoms with van der Waals surface area (Å²) in [6.07, 6.45) is 1.69. The summed E-state index contributed by atoms with van der Waals surface area (Å²) in [6.45, 7) is 0. The van der Waals surface area contributed by atoms with E-state index < -0.39 is 23.6 Å². The van der Waals surface area contributed by atoms with Gasteiger partial charge in [-0.2, -0.15) is 0 Å². The van der Waals surface area contributed by atoms with Crippen LogP contribution in [-0.4, -0.2) is 23.0 Å². The van der Waals surface area contributed by atoms with Crippen molar-refractivity contribution in [3.05, 3.63) is 35.4 Å². The Kier molecular flexibility index (Phi) is 3.64. The monoisotopic (exact) mass is 269 g/mol. The molecule has 0 heterocycles. The predicted octanol–water partition coefficient (Wildman–Crippen LogP) is 1.22. The fraction of sp³-hybridized carbons (Fsp3) is 0.333. The van der Waals surface area contributed by atoms with E-state index in [4.69, 9.17) is 10.9 Å².